The summed E-state index contributed by atoms with van der Waals surface area (Å²) >= 11 is 0. The van der Waals surface area contributed by atoms with Gasteiger partial charge in [0.05, 0.1) is 0 Å². The Morgan fingerprint density at radius 2 is 1.86 bits per heavy atom. The molecule has 0 saturated heterocycles. The van der Waals surface area contributed by atoms with Crippen molar-refractivity contribution in [3.05, 3.63) is 59.7 Å². The quantitative estimate of drug-likeness (QED) is 0.376. The Balaban J connectivity index is 2.22. The molecule has 0 heterocycles. The second-order valence-electron chi connectivity index (χ2n) is 4.42. The first-order valence-corrected chi connectivity index (χ1v) is 6.72. The molecule has 0 amide bonds. The monoisotopic (exact) mass is 294 g/mol. The number of esters is 2. The molecule has 0 bridgehead atoms. The van der Waals surface area contributed by atoms with E-state index in [2.05, 4.69) is 0 Å². The summed E-state index contributed by atoms with van der Waals surface area (Å²) < 4.78 is 10.2. The number of carbonyl (C=O) groups is 2. The zero-order valence-electron chi connectivity index (χ0n) is 12.0. The highest BCUT2D eigenvalue weighted by Crippen LogP contribution is 2.21. The van der Waals surface area contributed by atoms with Crippen molar-refractivity contribution >= 4 is 11.9 Å². The van der Waals surface area contributed by atoms with Gasteiger partial charge in [-0.1, -0.05) is 31.2 Å². The van der Waals surface area contributed by atoms with Gasteiger partial charge in [-0.3, -0.25) is 0 Å². The van der Waals surface area contributed by atoms with Crippen molar-refractivity contribution in [3.63, 3.8) is 0 Å². The molecule has 110 valence electrons. The van der Waals surface area contributed by atoms with Crippen LogP contribution < -0.4 is 9.47 Å². The highest BCUT2D eigenvalue weighted by molar-refractivity contribution is 5.96. The molecule has 2 aromatic carbocycles. The van der Waals surface area contributed by atoms with Crippen molar-refractivity contribution in [1.82, 2.24) is 0 Å². The maximum Gasteiger partial charge on any atom is 0.389 e. The van der Waals surface area contributed by atoms with Gasteiger partial charge in [0, 0.05) is 5.92 Å². The first kappa shape index (κ1) is 15.3. The zero-order valence-corrected chi connectivity index (χ0v) is 12.0. The summed E-state index contributed by atoms with van der Waals surface area (Å²) in [6.45, 7) is 2.01. The lowest BCUT2D eigenvalue weighted by atomic mass is 10.1. The van der Waals surface area contributed by atoms with Crippen LogP contribution in [-0.2, 0) is 11.2 Å². The van der Waals surface area contributed by atoms with Gasteiger partial charge in [0.1, 0.15) is 17.1 Å². The molecule has 22 heavy (non-hydrogen) atoms. The molecule has 4 heteroatoms. The number of para-hydroxylation sites is 1. The fourth-order valence-electron chi connectivity index (χ4n) is 1.84. The molecule has 2 rings (SSSR count). The lowest BCUT2D eigenvalue weighted by molar-refractivity contribution is -0.128. The van der Waals surface area contributed by atoms with Crippen molar-refractivity contribution in [2.24, 2.45) is 0 Å². The van der Waals surface area contributed by atoms with E-state index in [0.29, 0.717) is 5.75 Å². The van der Waals surface area contributed by atoms with Crippen LogP contribution in [0.25, 0.3) is 0 Å². The lowest BCUT2D eigenvalue weighted by Gasteiger charge is -2.09. The Hall–Kier alpha value is -3.06. The first-order valence-electron chi connectivity index (χ1n) is 6.72. The van der Waals surface area contributed by atoms with Gasteiger partial charge in [-0.25, -0.2) is 9.59 Å². The van der Waals surface area contributed by atoms with Gasteiger partial charge in [-0.2, -0.15) is 0 Å². The maximum absolute atomic E-state index is 12.2. The smallest absolute Gasteiger partial charge is 0.389 e. The van der Waals surface area contributed by atoms with E-state index in [1.807, 2.05) is 25.0 Å². The molecule has 0 radical (unpaired) electrons. The SMILES string of the molecule is C#CC(=O)Oc1ccccc1C(=O)Oc1cccc(CC)c1. The van der Waals surface area contributed by atoms with Gasteiger partial charge in [0.2, 0.25) is 0 Å². The Kier molecular flexibility index (Phi) is 4.94. The molecule has 0 fully saturated rings. The third-order valence-electron chi connectivity index (χ3n) is 2.94. The Morgan fingerprint density at radius 1 is 1.09 bits per heavy atom. The number of ether oxygens (including phenoxy) is 2. The van der Waals surface area contributed by atoms with Crippen LogP contribution in [0.3, 0.4) is 0 Å². The molecule has 0 spiro atoms. The Morgan fingerprint density at radius 3 is 2.59 bits per heavy atom. The van der Waals surface area contributed by atoms with Crippen LogP contribution >= 0.6 is 0 Å². The van der Waals surface area contributed by atoms with Gasteiger partial charge in [0.25, 0.3) is 0 Å². The Bertz CT molecular complexity index is 741. The van der Waals surface area contributed by atoms with Crippen molar-refractivity contribution < 1.29 is 19.1 Å². The lowest BCUT2D eigenvalue weighted by Crippen LogP contribution is -2.13. The summed E-state index contributed by atoms with van der Waals surface area (Å²) in [6, 6.07) is 13.5. The summed E-state index contributed by atoms with van der Waals surface area (Å²) in [5, 5.41) is 0. The number of terminal acetylenes is 1. The molecule has 0 aromatic heterocycles. The number of aryl methyl sites for hydroxylation is 1. The summed E-state index contributed by atoms with van der Waals surface area (Å²) in [7, 11) is 0. The minimum Gasteiger partial charge on any atom is -0.423 e. The molecule has 2 aromatic rings. The van der Waals surface area contributed by atoms with Crippen molar-refractivity contribution in [3.8, 4) is 23.8 Å². The predicted molar refractivity (Wildman–Crippen MR) is 81.7 cm³/mol. The molecule has 0 aliphatic heterocycles. The van der Waals surface area contributed by atoms with Gasteiger partial charge in [-0.15, -0.1) is 6.42 Å². The number of rotatable bonds is 4. The third-order valence-corrected chi connectivity index (χ3v) is 2.94. The minimum absolute atomic E-state index is 0.0714. The molecule has 0 N–H and O–H groups in total. The molecular weight excluding hydrogens is 280 g/mol. The number of hydrogen-bond acceptors (Lipinski definition) is 4. The van der Waals surface area contributed by atoms with Crippen molar-refractivity contribution in [2.45, 2.75) is 13.3 Å². The Labute approximate surface area is 128 Å². The van der Waals surface area contributed by atoms with E-state index in [4.69, 9.17) is 15.9 Å². The summed E-state index contributed by atoms with van der Waals surface area (Å²) in [5.41, 5.74) is 1.19. The number of carbonyl (C=O) groups excluding carboxylic acids is 2. The molecular formula is C18H14O4. The number of hydrogen-bond donors (Lipinski definition) is 0. The topological polar surface area (TPSA) is 52.6 Å². The standard InChI is InChI=1S/C18H14O4/c1-3-13-8-7-9-14(12-13)21-18(20)15-10-5-6-11-16(15)22-17(19)4-2/h2,5-12H,3H2,1H3. The minimum atomic E-state index is -0.867. The fraction of sp³-hybridized carbons (Fsp3) is 0.111. The summed E-state index contributed by atoms with van der Waals surface area (Å²) in [6.07, 6.45) is 5.80. The highest BCUT2D eigenvalue weighted by atomic mass is 16.5. The van der Waals surface area contributed by atoms with Crippen LogP contribution in [0.1, 0.15) is 22.8 Å². The molecule has 0 saturated carbocycles. The van der Waals surface area contributed by atoms with E-state index in [-0.39, 0.29) is 11.3 Å². The normalized spacial score (nSPS) is 9.64. The van der Waals surface area contributed by atoms with E-state index in [9.17, 15) is 9.59 Å². The van der Waals surface area contributed by atoms with E-state index < -0.39 is 11.9 Å². The fourth-order valence-corrected chi connectivity index (χ4v) is 1.84. The molecule has 0 aliphatic carbocycles. The summed E-state index contributed by atoms with van der Waals surface area (Å²) in [4.78, 5) is 23.4. The second-order valence-corrected chi connectivity index (χ2v) is 4.42. The average Bonchev–Trinajstić information content (AvgIpc) is 2.55. The molecule has 4 nitrogen and oxygen atoms in total. The molecule has 0 atom stereocenters. The third kappa shape index (κ3) is 3.74. The van der Waals surface area contributed by atoms with Gasteiger partial charge in [-0.05, 0) is 36.2 Å². The highest BCUT2D eigenvalue weighted by Gasteiger charge is 2.16. The van der Waals surface area contributed by atoms with Gasteiger partial charge >= 0.3 is 11.9 Å². The van der Waals surface area contributed by atoms with E-state index >= 15 is 0 Å². The first-order chi connectivity index (χ1) is 10.6. The average molecular weight is 294 g/mol. The van der Waals surface area contributed by atoms with Crippen molar-refractivity contribution in [2.75, 3.05) is 0 Å². The van der Waals surface area contributed by atoms with Crippen LogP contribution in [0.5, 0.6) is 11.5 Å². The largest absolute Gasteiger partial charge is 0.423 e. The van der Waals surface area contributed by atoms with Gasteiger partial charge in [0.15, 0.2) is 0 Å². The van der Waals surface area contributed by atoms with E-state index in [0.717, 1.165) is 12.0 Å². The van der Waals surface area contributed by atoms with Gasteiger partial charge < -0.3 is 9.47 Å². The zero-order chi connectivity index (χ0) is 15.9. The second kappa shape index (κ2) is 7.09. The molecule has 0 unspecified atom stereocenters. The van der Waals surface area contributed by atoms with Crippen LogP contribution in [0, 0.1) is 12.3 Å². The van der Waals surface area contributed by atoms with Crippen LogP contribution in [0.4, 0.5) is 0 Å². The molecule has 0 aliphatic rings. The van der Waals surface area contributed by atoms with Crippen LogP contribution in [0.2, 0.25) is 0 Å². The van der Waals surface area contributed by atoms with E-state index in [1.165, 1.54) is 12.1 Å². The number of benzene rings is 2. The van der Waals surface area contributed by atoms with Crippen molar-refractivity contribution in [1.29, 1.82) is 0 Å². The van der Waals surface area contributed by atoms with E-state index in [1.54, 1.807) is 24.3 Å². The summed E-state index contributed by atoms with van der Waals surface area (Å²) in [5.74, 6) is 0.851. The van der Waals surface area contributed by atoms with Crippen LogP contribution in [-0.4, -0.2) is 11.9 Å². The predicted octanol–water partition coefficient (Wildman–Crippen LogP) is 3.01. The maximum atomic E-state index is 12.2. The van der Waals surface area contributed by atoms with Crippen LogP contribution in [0.15, 0.2) is 48.5 Å².